The van der Waals surface area contributed by atoms with Crippen LogP contribution in [0.4, 0.5) is 0 Å². The predicted octanol–water partition coefficient (Wildman–Crippen LogP) is 10.2. The molecule has 0 aliphatic rings. The fourth-order valence-electron chi connectivity index (χ4n) is 5.33. The Hall–Kier alpha value is -1.69. The monoisotopic (exact) mass is 632 g/mol. The molecular formula is C40H73NO4. The van der Waals surface area contributed by atoms with Gasteiger partial charge in [-0.1, -0.05) is 152 Å². The number of carbonyl (C=O) groups excluding carboxylic acids is 1. The lowest BCUT2D eigenvalue weighted by Crippen LogP contribution is -2.48. The maximum Gasteiger partial charge on any atom is 0.249 e. The average Bonchev–Trinajstić information content (AvgIpc) is 3.04. The van der Waals surface area contributed by atoms with Crippen LogP contribution in [-0.4, -0.2) is 46.1 Å². The van der Waals surface area contributed by atoms with Crippen molar-refractivity contribution in [2.45, 2.75) is 193 Å². The van der Waals surface area contributed by atoms with E-state index in [0.29, 0.717) is 6.42 Å². The molecule has 5 heteroatoms. The van der Waals surface area contributed by atoms with E-state index in [1.54, 1.807) is 6.08 Å². The van der Waals surface area contributed by atoms with Gasteiger partial charge in [0.05, 0.1) is 18.8 Å². The number of unbranched alkanes of at least 4 members (excludes halogenated alkanes) is 19. The van der Waals surface area contributed by atoms with Crippen LogP contribution in [0.15, 0.2) is 48.6 Å². The normalized spacial score (nSPS) is 14.3. The van der Waals surface area contributed by atoms with E-state index < -0.39 is 24.2 Å². The number of allylic oxidation sites excluding steroid dienone is 7. The molecule has 0 aliphatic carbocycles. The zero-order valence-corrected chi connectivity index (χ0v) is 29.5. The molecule has 0 saturated carbocycles. The molecule has 0 rings (SSSR count). The van der Waals surface area contributed by atoms with Gasteiger partial charge >= 0.3 is 0 Å². The lowest BCUT2D eigenvalue weighted by atomic mass is 10.0. The van der Waals surface area contributed by atoms with Crippen LogP contribution in [-0.2, 0) is 4.79 Å². The first kappa shape index (κ1) is 43.3. The molecule has 0 radical (unpaired) electrons. The summed E-state index contributed by atoms with van der Waals surface area (Å²) in [6.45, 7) is 4.12. The van der Waals surface area contributed by atoms with Crippen LogP contribution >= 0.6 is 0 Å². The van der Waals surface area contributed by atoms with E-state index in [1.165, 1.54) is 103 Å². The molecule has 3 unspecified atom stereocenters. The largest absolute Gasteiger partial charge is 0.394 e. The van der Waals surface area contributed by atoms with E-state index in [9.17, 15) is 20.1 Å². The van der Waals surface area contributed by atoms with Crippen molar-refractivity contribution in [2.75, 3.05) is 6.61 Å². The number of aliphatic hydroxyl groups is 3. The molecule has 3 atom stereocenters. The van der Waals surface area contributed by atoms with Gasteiger partial charge in [-0.25, -0.2) is 0 Å². The number of hydrogen-bond donors (Lipinski definition) is 4. The Labute approximate surface area is 278 Å². The van der Waals surface area contributed by atoms with Crippen molar-refractivity contribution in [2.24, 2.45) is 0 Å². The summed E-state index contributed by atoms with van der Waals surface area (Å²) in [6.07, 6.45) is 44.1. The fourth-order valence-corrected chi connectivity index (χ4v) is 5.33. The lowest BCUT2D eigenvalue weighted by Gasteiger charge is -2.21. The van der Waals surface area contributed by atoms with E-state index in [-0.39, 0.29) is 6.61 Å². The van der Waals surface area contributed by atoms with E-state index >= 15 is 0 Å². The molecule has 45 heavy (non-hydrogen) atoms. The molecule has 0 saturated heterocycles. The van der Waals surface area contributed by atoms with E-state index in [0.717, 1.165) is 51.4 Å². The average molecular weight is 632 g/mol. The number of nitrogens with one attached hydrogen (secondary N) is 1. The number of rotatable bonds is 33. The minimum absolute atomic E-state index is 0.385. The van der Waals surface area contributed by atoms with Crippen molar-refractivity contribution in [3.05, 3.63) is 48.6 Å². The highest BCUT2D eigenvalue weighted by atomic mass is 16.3. The van der Waals surface area contributed by atoms with Gasteiger partial charge in [-0.15, -0.1) is 0 Å². The summed E-state index contributed by atoms with van der Waals surface area (Å²) in [4.78, 5) is 12.4. The molecule has 0 bridgehead atoms. The van der Waals surface area contributed by atoms with Gasteiger partial charge in [0.15, 0.2) is 0 Å². The van der Waals surface area contributed by atoms with E-state index in [4.69, 9.17) is 0 Å². The molecule has 5 nitrogen and oxygen atoms in total. The Bertz CT molecular complexity index is 745. The quantitative estimate of drug-likeness (QED) is 0.0429. The Morgan fingerprint density at radius 2 is 0.911 bits per heavy atom. The fraction of sp³-hybridized carbons (Fsp3) is 0.775. The standard InChI is InChI=1S/C40H73NO4/c1-3-5-7-9-11-13-15-17-19-20-21-23-24-26-28-30-32-34-38(43)37(36-42)41-40(45)39(44)35-33-31-29-27-25-22-18-16-14-12-10-8-6-4-2/h14,16,19-20,24,26,32,34,37-39,42-44H,3-13,15,17-18,21-23,25,27-31,33,35-36H2,1-2H3,(H,41,45)/b16-14-,20-19+,26-24+,34-32+. The molecular weight excluding hydrogens is 558 g/mol. The summed E-state index contributed by atoms with van der Waals surface area (Å²) in [6, 6.07) is -0.822. The highest BCUT2D eigenvalue weighted by molar-refractivity contribution is 5.80. The first-order chi connectivity index (χ1) is 22.1. The van der Waals surface area contributed by atoms with Crippen molar-refractivity contribution in [1.29, 1.82) is 0 Å². The minimum Gasteiger partial charge on any atom is -0.394 e. The van der Waals surface area contributed by atoms with Crippen molar-refractivity contribution in [1.82, 2.24) is 5.32 Å². The smallest absolute Gasteiger partial charge is 0.249 e. The number of amides is 1. The summed E-state index contributed by atoms with van der Waals surface area (Å²) in [5.74, 6) is -0.526. The third kappa shape index (κ3) is 30.7. The second-order valence-corrected chi connectivity index (χ2v) is 12.8. The van der Waals surface area contributed by atoms with Crippen molar-refractivity contribution in [3.8, 4) is 0 Å². The van der Waals surface area contributed by atoms with Gasteiger partial charge < -0.3 is 20.6 Å². The maximum absolute atomic E-state index is 12.4. The van der Waals surface area contributed by atoms with Gasteiger partial charge in [-0.2, -0.15) is 0 Å². The number of carbonyl (C=O) groups is 1. The highest BCUT2D eigenvalue weighted by Crippen LogP contribution is 2.12. The molecule has 0 aromatic carbocycles. The molecule has 262 valence electrons. The summed E-state index contributed by atoms with van der Waals surface area (Å²) in [5.41, 5.74) is 0. The highest BCUT2D eigenvalue weighted by Gasteiger charge is 2.22. The zero-order valence-electron chi connectivity index (χ0n) is 29.5. The van der Waals surface area contributed by atoms with Gasteiger partial charge in [0.25, 0.3) is 0 Å². The third-order valence-electron chi connectivity index (χ3n) is 8.37. The Morgan fingerprint density at radius 1 is 0.533 bits per heavy atom. The molecule has 0 spiro atoms. The van der Waals surface area contributed by atoms with Crippen LogP contribution < -0.4 is 5.32 Å². The number of hydrogen-bond acceptors (Lipinski definition) is 4. The molecule has 0 fully saturated rings. The molecule has 0 aromatic rings. The predicted molar refractivity (Wildman–Crippen MR) is 194 cm³/mol. The van der Waals surface area contributed by atoms with Gasteiger partial charge in [0, 0.05) is 0 Å². The van der Waals surface area contributed by atoms with Crippen LogP contribution in [0.2, 0.25) is 0 Å². The summed E-state index contributed by atoms with van der Waals surface area (Å²) < 4.78 is 0. The van der Waals surface area contributed by atoms with Gasteiger partial charge in [0.1, 0.15) is 6.10 Å². The second-order valence-electron chi connectivity index (χ2n) is 12.8. The van der Waals surface area contributed by atoms with Crippen molar-refractivity contribution in [3.63, 3.8) is 0 Å². The third-order valence-corrected chi connectivity index (χ3v) is 8.37. The van der Waals surface area contributed by atoms with E-state index in [2.05, 4.69) is 55.6 Å². The van der Waals surface area contributed by atoms with Crippen molar-refractivity contribution >= 4 is 5.91 Å². The first-order valence-electron chi connectivity index (χ1n) is 19.0. The Balaban J connectivity index is 3.85. The molecule has 4 N–H and O–H groups in total. The zero-order chi connectivity index (χ0) is 33.1. The second kappa shape index (κ2) is 35.2. The molecule has 0 heterocycles. The van der Waals surface area contributed by atoms with E-state index in [1.807, 2.05) is 6.08 Å². The summed E-state index contributed by atoms with van der Waals surface area (Å²) in [7, 11) is 0. The van der Waals surface area contributed by atoms with Gasteiger partial charge in [-0.3, -0.25) is 4.79 Å². The minimum atomic E-state index is -1.11. The van der Waals surface area contributed by atoms with Crippen LogP contribution in [0.3, 0.4) is 0 Å². The van der Waals surface area contributed by atoms with Gasteiger partial charge in [0.2, 0.25) is 5.91 Å². The Kier molecular flexibility index (Phi) is 33.8. The first-order valence-corrected chi connectivity index (χ1v) is 19.0. The van der Waals surface area contributed by atoms with Crippen molar-refractivity contribution < 1.29 is 20.1 Å². The topological polar surface area (TPSA) is 89.8 Å². The van der Waals surface area contributed by atoms with Gasteiger partial charge in [-0.05, 0) is 70.6 Å². The SMILES string of the molecule is CCCCCC/C=C\CCCCCCCCC(O)C(=O)NC(CO)C(O)/C=C/CC/C=C/CC/C=C/CCCCCCCCC. The van der Waals surface area contributed by atoms with Crippen LogP contribution in [0, 0.1) is 0 Å². The Morgan fingerprint density at radius 3 is 1.38 bits per heavy atom. The van der Waals surface area contributed by atoms with Crippen LogP contribution in [0.5, 0.6) is 0 Å². The van der Waals surface area contributed by atoms with Crippen LogP contribution in [0.25, 0.3) is 0 Å². The lowest BCUT2D eigenvalue weighted by molar-refractivity contribution is -0.131. The molecule has 0 aromatic heterocycles. The number of aliphatic hydroxyl groups excluding tert-OH is 3. The molecule has 0 aliphatic heterocycles. The summed E-state index contributed by atoms with van der Waals surface area (Å²) >= 11 is 0. The molecule has 1 amide bonds. The van der Waals surface area contributed by atoms with Crippen LogP contribution in [0.1, 0.15) is 174 Å². The maximum atomic E-state index is 12.4. The summed E-state index contributed by atoms with van der Waals surface area (Å²) in [5, 5.41) is 32.9.